The molecule has 0 saturated heterocycles. The van der Waals surface area contributed by atoms with Crippen LogP contribution in [0.25, 0.3) is 0 Å². The first-order valence-electron chi connectivity index (χ1n) is 4.75. The topological polar surface area (TPSA) is 74.6 Å². The van der Waals surface area contributed by atoms with Crippen LogP contribution in [0.3, 0.4) is 0 Å². The van der Waals surface area contributed by atoms with Crippen molar-refractivity contribution in [2.24, 2.45) is 0 Å². The Hall–Kier alpha value is -2.36. The molecule has 0 atom stereocenters. The van der Waals surface area contributed by atoms with Crippen molar-refractivity contribution in [1.82, 2.24) is 0 Å². The Bertz CT molecular complexity index is 408. The molecule has 0 unspecified atom stereocenters. The highest BCUT2D eigenvalue weighted by Crippen LogP contribution is 2.13. The van der Waals surface area contributed by atoms with E-state index in [1.807, 2.05) is 0 Å². The number of allylic oxidation sites excluding steroid dienone is 2. The maximum Gasteiger partial charge on any atom is 0.335 e. The number of carboxylic acids is 2. The molecule has 2 N–H and O–H groups in total. The van der Waals surface area contributed by atoms with Gasteiger partial charge in [0.15, 0.2) is 0 Å². The Morgan fingerprint density at radius 1 is 1.06 bits per heavy atom. The molecule has 0 fully saturated rings. The first kappa shape index (κ1) is 14.6. The van der Waals surface area contributed by atoms with E-state index in [0.717, 1.165) is 0 Å². The van der Waals surface area contributed by atoms with Crippen LogP contribution in [0.5, 0.6) is 0 Å². The largest absolute Gasteiger partial charge is 0.478 e. The minimum absolute atomic E-state index is 0.0277. The van der Waals surface area contributed by atoms with Gasteiger partial charge in [0.05, 0.1) is 11.1 Å². The van der Waals surface area contributed by atoms with Gasteiger partial charge in [0.2, 0.25) is 0 Å². The van der Waals surface area contributed by atoms with Gasteiger partial charge < -0.3 is 10.2 Å². The third kappa shape index (κ3) is 4.34. The van der Waals surface area contributed by atoms with Crippen molar-refractivity contribution in [1.29, 1.82) is 0 Å². The van der Waals surface area contributed by atoms with Crippen LogP contribution in [0.4, 0.5) is 0 Å². The second-order valence-corrected chi connectivity index (χ2v) is 3.06. The smallest absolute Gasteiger partial charge is 0.335 e. The average molecular weight is 234 g/mol. The lowest BCUT2D eigenvalue weighted by molar-refractivity contribution is 0.0696. The SMILES string of the molecule is C=CC=C.Cc1c(C(=O)O)cccc1C(=O)O. The normalized spacial score (nSPS) is 8.53. The fourth-order valence-electron chi connectivity index (χ4n) is 1.10. The summed E-state index contributed by atoms with van der Waals surface area (Å²) < 4.78 is 0. The van der Waals surface area contributed by atoms with Crippen molar-refractivity contribution in [2.75, 3.05) is 0 Å². The van der Waals surface area contributed by atoms with Crippen LogP contribution in [-0.4, -0.2) is 22.2 Å². The standard InChI is InChI=1S/C9H8O4.C4H6/c1-5-6(8(10)11)3-2-4-7(5)9(12)13;1-3-4-2/h2-4H,1H3,(H,10,11)(H,12,13);3-4H,1-2H2. The van der Waals surface area contributed by atoms with E-state index in [1.54, 1.807) is 12.2 Å². The molecule has 0 aliphatic rings. The summed E-state index contributed by atoms with van der Waals surface area (Å²) in [6, 6.07) is 4.17. The summed E-state index contributed by atoms with van der Waals surface area (Å²) in [5, 5.41) is 17.4. The molecule has 4 heteroatoms. The third-order valence-electron chi connectivity index (χ3n) is 1.96. The third-order valence-corrected chi connectivity index (χ3v) is 1.96. The molecule has 0 heterocycles. The molecule has 0 amide bonds. The fourth-order valence-corrected chi connectivity index (χ4v) is 1.10. The molecule has 1 aromatic rings. The first-order valence-corrected chi connectivity index (χ1v) is 4.75. The Morgan fingerprint density at radius 3 is 1.65 bits per heavy atom. The van der Waals surface area contributed by atoms with E-state index < -0.39 is 11.9 Å². The van der Waals surface area contributed by atoms with Crippen molar-refractivity contribution in [3.05, 3.63) is 60.2 Å². The molecular weight excluding hydrogens is 220 g/mol. The molecule has 0 bridgehead atoms. The summed E-state index contributed by atoms with van der Waals surface area (Å²) in [6.07, 6.45) is 3.28. The maximum atomic E-state index is 10.6. The van der Waals surface area contributed by atoms with Gasteiger partial charge in [-0.2, -0.15) is 0 Å². The number of rotatable bonds is 3. The Kier molecular flexibility index (Phi) is 6.03. The Balaban J connectivity index is 0.000000557. The fraction of sp³-hybridized carbons (Fsp3) is 0.0769. The van der Waals surface area contributed by atoms with Crippen molar-refractivity contribution in [2.45, 2.75) is 6.92 Å². The highest BCUT2D eigenvalue weighted by Gasteiger charge is 2.13. The number of hydrogen-bond donors (Lipinski definition) is 2. The van der Waals surface area contributed by atoms with Crippen molar-refractivity contribution >= 4 is 11.9 Å². The number of carboxylic acid groups (broad SMARTS) is 2. The molecule has 0 radical (unpaired) electrons. The van der Waals surface area contributed by atoms with Gasteiger partial charge in [-0.25, -0.2) is 9.59 Å². The van der Waals surface area contributed by atoms with Crippen LogP contribution < -0.4 is 0 Å². The van der Waals surface area contributed by atoms with Crippen LogP contribution in [0, 0.1) is 6.92 Å². The molecule has 0 aliphatic carbocycles. The van der Waals surface area contributed by atoms with E-state index >= 15 is 0 Å². The summed E-state index contributed by atoms with van der Waals surface area (Å²) >= 11 is 0. The van der Waals surface area contributed by atoms with Gasteiger partial charge in [0.1, 0.15) is 0 Å². The summed E-state index contributed by atoms with van der Waals surface area (Å²) in [7, 11) is 0. The molecule has 1 rings (SSSR count). The van der Waals surface area contributed by atoms with Gasteiger partial charge in [0, 0.05) is 0 Å². The lowest BCUT2D eigenvalue weighted by Gasteiger charge is -2.03. The van der Waals surface area contributed by atoms with E-state index in [4.69, 9.17) is 10.2 Å². The summed E-state index contributed by atoms with van der Waals surface area (Å²) in [4.78, 5) is 21.2. The van der Waals surface area contributed by atoms with E-state index in [-0.39, 0.29) is 16.7 Å². The van der Waals surface area contributed by atoms with Crippen LogP contribution in [0.2, 0.25) is 0 Å². The highest BCUT2D eigenvalue weighted by molar-refractivity contribution is 5.96. The van der Waals surface area contributed by atoms with Gasteiger partial charge in [0.25, 0.3) is 0 Å². The van der Waals surface area contributed by atoms with Gasteiger partial charge in [-0.3, -0.25) is 0 Å². The lowest BCUT2D eigenvalue weighted by atomic mass is 10.0. The van der Waals surface area contributed by atoms with E-state index in [1.165, 1.54) is 25.1 Å². The molecular formula is C13H14O4. The number of aromatic carboxylic acids is 2. The van der Waals surface area contributed by atoms with Crippen LogP contribution in [0.15, 0.2) is 43.5 Å². The van der Waals surface area contributed by atoms with Crippen LogP contribution >= 0.6 is 0 Å². The van der Waals surface area contributed by atoms with Crippen molar-refractivity contribution < 1.29 is 19.8 Å². The zero-order valence-electron chi connectivity index (χ0n) is 9.51. The zero-order valence-corrected chi connectivity index (χ0v) is 9.51. The molecule has 1 aromatic carbocycles. The van der Waals surface area contributed by atoms with Gasteiger partial charge in [-0.05, 0) is 24.6 Å². The number of benzene rings is 1. The van der Waals surface area contributed by atoms with Crippen LogP contribution in [0.1, 0.15) is 26.3 Å². The Labute approximate surface area is 99.5 Å². The first-order chi connectivity index (χ1) is 7.95. The molecule has 17 heavy (non-hydrogen) atoms. The van der Waals surface area contributed by atoms with Crippen molar-refractivity contribution in [3.8, 4) is 0 Å². The summed E-state index contributed by atoms with van der Waals surface area (Å²) in [5.41, 5.74) is 0.335. The molecule has 0 aromatic heterocycles. The average Bonchev–Trinajstić information content (AvgIpc) is 2.29. The van der Waals surface area contributed by atoms with E-state index in [2.05, 4.69) is 13.2 Å². The van der Waals surface area contributed by atoms with Crippen LogP contribution in [-0.2, 0) is 0 Å². The zero-order chi connectivity index (χ0) is 13.4. The minimum atomic E-state index is -1.11. The van der Waals surface area contributed by atoms with Gasteiger partial charge >= 0.3 is 11.9 Å². The molecule has 90 valence electrons. The van der Waals surface area contributed by atoms with E-state index in [0.29, 0.717) is 0 Å². The van der Waals surface area contributed by atoms with Crippen molar-refractivity contribution in [3.63, 3.8) is 0 Å². The second kappa shape index (κ2) is 7.00. The van der Waals surface area contributed by atoms with Gasteiger partial charge in [-0.1, -0.05) is 31.4 Å². The molecule has 0 saturated carbocycles. The molecule has 0 spiro atoms. The quantitative estimate of drug-likeness (QED) is 0.788. The minimum Gasteiger partial charge on any atom is -0.478 e. The van der Waals surface area contributed by atoms with E-state index in [9.17, 15) is 9.59 Å². The number of hydrogen-bond acceptors (Lipinski definition) is 2. The lowest BCUT2D eigenvalue weighted by Crippen LogP contribution is -2.06. The molecule has 4 nitrogen and oxygen atoms in total. The monoisotopic (exact) mass is 234 g/mol. The molecule has 0 aliphatic heterocycles. The summed E-state index contributed by atoms with van der Waals surface area (Å²) in [6.45, 7) is 8.20. The predicted molar refractivity (Wildman–Crippen MR) is 65.5 cm³/mol. The maximum absolute atomic E-state index is 10.6. The van der Waals surface area contributed by atoms with Gasteiger partial charge in [-0.15, -0.1) is 0 Å². The Morgan fingerprint density at radius 2 is 1.41 bits per heavy atom. The second-order valence-electron chi connectivity index (χ2n) is 3.06. The highest BCUT2D eigenvalue weighted by atomic mass is 16.4. The summed E-state index contributed by atoms with van der Waals surface area (Å²) in [5.74, 6) is -2.22. The number of carbonyl (C=O) groups is 2. The predicted octanol–water partition coefficient (Wildman–Crippen LogP) is 2.75.